The molecule has 2 aliphatic heterocycles. The summed E-state index contributed by atoms with van der Waals surface area (Å²) in [6.07, 6.45) is -8.09. The molecule has 2 heterocycles. The van der Waals surface area contributed by atoms with Crippen LogP contribution in [-0.4, -0.2) is 54.0 Å². The molecule has 196 valence electrons. The minimum atomic E-state index is -5.05. The molecule has 3 atom stereocenters. The molecule has 1 amide bonds. The number of nitrogens with zero attached hydrogens (tertiary/aromatic N) is 2. The second-order valence-corrected chi connectivity index (χ2v) is 9.39. The molecule has 36 heavy (non-hydrogen) atoms. The van der Waals surface area contributed by atoms with E-state index in [1.54, 1.807) is 12.1 Å². The molecule has 0 radical (unpaired) electrons. The van der Waals surface area contributed by atoms with Gasteiger partial charge in [-0.05, 0) is 61.8 Å². The van der Waals surface area contributed by atoms with Crippen LogP contribution < -0.4 is 0 Å². The Hall–Kier alpha value is -2.66. The zero-order valence-corrected chi connectivity index (χ0v) is 19.2. The molecular formula is C25H25F7N3O-. The minimum Gasteiger partial charge on any atom is -0.674 e. The third-order valence-corrected chi connectivity index (χ3v) is 6.92. The zero-order valence-electron chi connectivity index (χ0n) is 19.2. The average Bonchev–Trinajstić information content (AvgIpc) is 2.82. The van der Waals surface area contributed by atoms with Gasteiger partial charge in [0.1, 0.15) is 5.82 Å². The Morgan fingerprint density at radius 3 is 2.03 bits per heavy atom. The summed E-state index contributed by atoms with van der Waals surface area (Å²) in [5.41, 5.74) is 5.09. The van der Waals surface area contributed by atoms with Crippen LogP contribution in [0.1, 0.15) is 52.2 Å². The Morgan fingerprint density at radius 2 is 1.47 bits per heavy atom. The molecule has 0 aliphatic carbocycles. The van der Waals surface area contributed by atoms with Crippen molar-refractivity contribution in [3.05, 3.63) is 76.3 Å². The van der Waals surface area contributed by atoms with Crippen molar-refractivity contribution in [1.29, 1.82) is 0 Å². The van der Waals surface area contributed by atoms with Crippen LogP contribution in [0.2, 0.25) is 0 Å². The topological polar surface area (TPSA) is 47.4 Å². The number of hydrogen-bond acceptors (Lipinski definition) is 2. The van der Waals surface area contributed by atoms with Gasteiger partial charge in [0.2, 0.25) is 0 Å². The average molecular weight is 516 g/mol. The van der Waals surface area contributed by atoms with E-state index in [-0.39, 0.29) is 37.2 Å². The quantitative estimate of drug-likeness (QED) is 0.445. The maximum absolute atomic E-state index is 13.6. The van der Waals surface area contributed by atoms with Crippen molar-refractivity contribution in [2.45, 2.75) is 49.6 Å². The molecule has 4 rings (SSSR count). The number of carbonyl (C=O) groups is 1. The largest absolute Gasteiger partial charge is 0.674 e. The first-order valence-electron chi connectivity index (χ1n) is 11.6. The van der Waals surface area contributed by atoms with Crippen molar-refractivity contribution in [3.8, 4) is 0 Å². The van der Waals surface area contributed by atoms with Crippen molar-refractivity contribution in [1.82, 2.24) is 9.80 Å². The maximum atomic E-state index is 13.6. The number of carbonyl (C=O) groups excluding carboxylic acids is 1. The van der Waals surface area contributed by atoms with Crippen molar-refractivity contribution >= 4 is 5.91 Å². The molecule has 2 aromatic rings. The second-order valence-electron chi connectivity index (χ2n) is 9.39. The zero-order chi connectivity index (χ0) is 26.3. The molecule has 0 spiro atoms. The molecule has 3 unspecified atom stereocenters. The number of rotatable bonds is 3. The highest BCUT2D eigenvalue weighted by atomic mass is 19.4. The summed E-state index contributed by atoms with van der Waals surface area (Å²) in [5, 5.41) is 0. The second kappa shape index (κ2) is 10.0. The van der Waals surface area contributed by atoms with E-state index in [4.69, 9.17) is 5.73 Å². The van der Waals surface area contributed by atoms with E-state index in [2.05, 4.69) is 4.90 Å². The summed E-state index contributed by atoms with van der Waals surface area (Å²) < 4.78 is 93.4. The van der Waals surface area contributed by atoms with Crippen molar-refractivity contribution < 1.29 is 35.5 Å². The molecule has 2 saturated heterocycles. The van der Waals surface area contributed by atoms with Crippen LogP contribution in [0.15, 0.2) is 42.5 Å². The van der Waals surface area contributed by atoms with Gasteiger partial charge in [0.15, 0.2) is 0 Å². The highest BCUT2D eigenvalue weighted by Gasteiger charge is 2.40. The first kappa shape index (κ1) is 26.4. The van der Waals surface area contributed by atoms with E-state index < -0.39 is 40.8 Å². The highest BCUT2D eigenvalue weighted by Crippen LogP contribution is 2.38. The van der Waals surface area contributed by atoms with E-state index in [0.29, 0.717) is 30.7 Å². The number of benzene rings is 2. The number of nitrogens with one attached hydrogen (secondary N) is 1. The van der Waals surface area contributed by atoms with Gasteiger partial charge in [-0.3, -0.25) is 4.79 Å². The summed E-state index contributed by atoms with van der Waals surface area (Å²) in [5.74, 6) is -1.72. The monoisotopic (exact) mass is 516 g/mol. The fourth-order valence-corrected chi connectivity index (χ4v) is 5.17. The van der Waals surface area contributed by atoms with Gasteiger partial charge in [0.05, 0.1) is 11.1 Å². The van der Waals surface area contributed by atoms with Gasteiger partial charge in [0, 0.05) is 30.6 Å². The normalized spacial score (nSPS) is 24.1. The van der Waals surface area contributed by atoms with Crippen LogP contribution in [0.3, 0.4) is 0 Å². The lowest BCUT2D eigenvalue weighted by Crippen LogP contribution is -2.54. The van der Waals surface area contributed by atoms with E-state index in [0.717, 1.165) is 19.4 Å². The molecule has 2 aromatic carbocycles. The summed E-state index contributed by atoms with van der Waals surface area (Å²) in [4.78, 5) is 16.6. The Kier molecular flexibility index (Phi) is 7.34. The first-order valence-corrected chi connectivity index (χ1v) is 11.6. The Bertz CT molecular complexity index is 1050. The number of likely N-dealkylation sites (tertiary alicyclic amines) is 2. The van der Waals surface area contributed by atoms with Crippen molar-refractivity contribution in [2.75, 3.05) is 26.2 Å². The molecule has 2 fully saturated rings. The Morgan fingerprint density at radius 1 is 0.861 bits per heavy atom. The van der Waals surface area contributed by atoms with Crippen LogP contribution in [0.25, 0.3) is 5.73 Å². The molecule has 11 heteroatoms. The van der Waals surface area contributed by atoms with Crippen LogP contribution in [0.4, 0.5) is 30.7 Å². The van der Waals surface area contributed by atoms with Gasteiger partial charge in [-0.1, -0.05) is 18.6 Å². The summed E-state index contributed by atoms with van der Waals surface area (Å²) in [6.45, 7) is 1.46. The number of alkyl halides is 6. The predicted molar refractivity (Wildman–Crippen MR) is 119 cm³/mol. The van der Waals surface area contributed by atoms with Gasteiger partial charge in [-0.15, -0.1) is 6.04 Å². The predicted octanol–water partition coefficient (Wildman–Crippen LogP) is 6.38. The lowest BCUT2D eigenvalue weighted by Gasteiger charge is -2.47. The summed E-state index contributed by atoms with van der Waals surface area (Å²) in [6, 6.07) is 6.25. The van der Waals surface area contributed by atoms with E-state index in [1.165, 1.54) is 17.0 Å². The Balaban J connectivity index is 1.65. The van der Waals surface area contributed by atoms with Crippen LogP contribution in [-0.2, 0) is 12.4 Å². The lowest BCUT2D eigenvalue weighted by molar-refractivity contribution is -0.143. The smallest absolute Gasteiger partial charge is 0.416 e. The van der Waals surface area contributed by atoms with Gasteiger partial charge in [-0.2, -0.15) is 26.3 Å². The third kappa shape index (κ3) is 5.83. The van der Waals surface area contributed by atoms with E-state index >= 15 is 0 Å². The minimum absolute atomic E-state index is 0.00202. The molecule has 2 aliphatic rings. The van der Waals surface area contributed by atoms with Crippen LogP contribution in [0.5, 0.6) is 0 Å². The molecule has 4 nitrogen and oxygen atoms in total. The molecule has 0 saturated carbocycles. The fraction of sp³-hybridized carbons (Fsp3) is 0.480. The lowest BCUT2D eigenvalue weighted by atomic mass is 9.83. The van der Waals surface area contributed by atoms with Gasteiger partial charge >= 0.3 is 12.4 Å². The fourth-order valence-electron chi connectivity index (χ4n) is 5.17. The SMILES string of the molecule is [NH-]C1CCCN(C2CCN(C(=O)c3cc(C(F)(F)F)cc(C(F)(F)F)c3)CC2c2ccc(F)cc2)C1. The van der Waals surface area contributed by atoms with Crippen molar-refractivity contribution in [2.24, 2.45) is 0 Å². The van der Waals surface area contributed by atoms with Gasteiger partial charge < -0.3 is 15.5 Å². The molecular weight excluding hydrogens is 491 g/mol. The van der Waals surface area contributed by atoms with Crippen molar-refractivity contribution in [3.63, 3.8) is 0 Å². The van der Waals surface area contributed by atoms with Gasteiger partial charge in [-0.25, -0.2) is 4.39 Å². The Labute approximate surface area is 203 Å². The number of halogens is 7. The molecule has 0 aromatic heterocycles. The van der Waals surface area contributed by atoms with Crippen LogP contribution in [0, 0.1) is 5.82 Å². The third-order valence-electron chi connectivity index (χ3n) is 6.92. The summed E-state index contributed by atoms with van der Waals surface area (Å²) >= 11 is 0. The molecule has 1 N–H and O–H groups in total. The number of piperidine rings is 2. The van der Waals surface area contributed by atoms with Crippen LogP contribution >= 0.6 is 0 Å². The van der Waals surface area contributed by atoms with Gasteiger partial charge in [0.25, 0.3) is 5.91 Å². The number of amides is 1. The van der Waals surface area contributed by atoms with E-state index in [9.17, 15) is 35.5 Å². The van der Waals surface area contributed by atoms with E-state index in [1.807, 2.05) is 0 Å². The maximum Gasteiger partial charge on any atom is 0.416 e. The molecule has 0 bridgehead atoms. The number of hydrogen-bond donors (Lipinski definition) is 0. The summed E-state index contributed by atoms with van der Waals surface area (Å²) in [7, 11) is 0. The highest BCUT2D eigenvalue weighted by molar-refractivity contribution is 5.95. The standard InChI is InChI=1S/C25H25F7N3O/c26-19-5-3-15(4-6-19)21-14-35(9-7-22(21)34-8-1-2-20(33)13-34)23(36)16-10-17(24(27,28)29)12-18(11-16)25(30,31)32/h3-6,10-12,20-22,33H,1-2,7-9,13-14H2/q-1. The first-order chi connectivity index (χ1) is 16.8.